The van der Waals surface area contributed by atoms with Gasteiger partial charge in [-0.3, -0.25) is 0 Å². The molecule has 0 saturated carbocycles. The molecule has 3 heteroatoms. The third kappa shape index (κ3) is 3.03. The average Bonchev–Trinajstić information content (AvgIpc) is 2.82. The Morgan fingerprint density at radius 1 is 1.44 bits per heavy atom. The molecule has 1 saturated heterocycles. The normalized spacial score (nSPS) is 25.1. The summed E-state index contributed by atoms with van der Waals surface area (Å²) in [5.41, 5.74) is 7.48. The Labute approximate surface area is 109 Å². The number of nitrogens with two attached hydrogens (primary N) is 1. The van der Waals surface area contributed by atoms with E-state index in [-0.39, 0.29) is 6.04 Å². The maximum absolute atomic E-state index is 6.38. The first-order valence-corrected chi connectivity index (χ1v) is 6.81. The third-order valence-electron chi connectivity index (χ3n) is 3.48. The van der Waals surface area contributed by atoms with Crippen molar-refractivity contribution in [2.75, 3.05) is 13.2 Å². The van der Waals surface area contributed by atoms with E-state index in [1.165, 1.54) is 0 Å². The molecular formula is C15H23NO2. The number of hydrogen-bond acceptors (Lipinski definition) is 3. The maximum atomic E-state index is 6.38. The number of benzene rings is 1. The molecule has 18 heavy (non-hydrogen) atoms. The first-order chi connectivity index (χ1) is 8.72. The van der Waals surface area contributed by atoms with E-state index >= 15 is 0 Å². The quantitative estimate of drug-likeness (QED) is 0.872. The summed E-state index contributed by atoms with van der Waals surface area (Å²) in [4.78, 5) is 0. The van der Waals surface area contributed by atoms with Crippen molar-refractivity contribution in [2.45, 2.75) is 38.8 Å². The molecule has 3 nitrogen and oxygen atoms in total. The monoisotopic (exact) mass is 249 g/mol. The van der Waals surface area contributed by atoms with Crippen LogP contribution in [-0.4, -0.2) is 19.3 Å². The minimum absolute atomic E-state index is 0.00278. The highest BCUT2D eigenvalue weighted by Crippen LogP contribution is 2.34. The Morgan fingerprint density at radius 2 is 2.22 bits per heavy atom. The van der Waals surface area contributed by atoms with Gasteiger partial charge in [0.2, 0.25) is 0 Å². The summed E-state index contributed by atoms with van der Waals surface area (Å²) in [6.45, 7) is 5.70. The van der Waals surface area contributed by atoms with Crippen LogP contribution in [0, 0.1) is 5.92 Å². The summed E-state index contributed by atoms with van der Waals surface area (Å²) in [5.74, 6) is 1.32. The number of rotatable bonds is 5. The Hall–Kier alpha value is -1.06. The van der Waals surface area contributed by atoms with Crippen LogP contribution in [-0.2, 0) is 4.74 Å². The zero-order valence-corrected chi connectivity index (χ0v) is 11.3. The van der Waals surface area contributed by atoms with Crippen molar-refractivity contribution in [3.63, 3.8) is 0 Å². The molecule has 3 unspecified atom stereocenters. The highest BCUT2D eigenvalue weighted by Gasteiger charge is 2.29. The molecule has 0 aliphatic carbocycles. The summed E-state index contributed by atoms with van der Waals surface area (Å²) in [6, 6.07) is 8.09. The van der Waals surface area contributed by atoms with Crippen molar-refractivity contribution in [1.29, 1.82) is 0 Å². The van der Waals surface area contributed by atoms with Gasteiger partial charge in [0.15, 0.2) is 0 Å². The summed E-state index contributed by atoms with van der Waals surface area (Å²) in [5, 5.41) is 0. The molecule has 2 rings (SSSR count). The van der Waals surface area contributed by atoms with Gasteiger partial charge in [-0.05, 0) is 25.8 Å². The molecule has 100 valence electrons. The lowest BCUT2D eigenvalue weighted by Gasteiger charge is -2.21. The number of ether oxygens (including phenoxy) is 2. The van der Waals surface area contributed by atoms with Crippen LogP contribution in [0.5, 0.6) is 5.75 Å². The Balaban J connectivity index is 2.11. The first kappa shape index (κ1) is 13.4. The van der Waals surface area contributed by atoms with E-state index in [9.17, 15) is 0 Å². The molecule has 1 aliphatic heterocycles. The first-order valence-electron chi connectivity index (χ1n) is 6.81. The standard InChI is InChI=1S/C15H23NO2/c1-3-8-17-14-7-5-4-6-13(14)15(16)12-9-11(2)18-10-12/h4-7,11-12,15H,3,8-10,16H2,1-2H3. The number of hydrogen-bond donors (Lipinski definition) is 1. The minimum Gasteiger partial charge on any atom is -0.493 e. The summed E-state index contributed by atoms with van der Waals surface area (Å²) in [6.07, 6.45) is 2.36. The molecule has 3 atom stereocenters. The van der Waals surface area contributed by atoms with E-state index in [2.05, 4.69) is 19.9 Å². The van der Waals surface area contributed by atoms with Gasteiger partial charge in [-0.2, -0.15) is 0 Å². The lowest BCUT2D eigenvalue weighted by Crippen LogP contribution is -2.22. The molecular weight excluding hydrogens is 226 g/mol. The van der Waals surface area contributed by atoms with Crippen molar-refractivity contribution in [3.05, 3.63) is 29.8 Å². The fourth-order valence-corrected chi connectivity index (χ4v) is 2.45. The third-order valence-corrected chi connectivity index (χ3v) is 3.48. The van der Waals surface area contributed by atoms with Crippen molar-refractivity contribution >= 4 is 0 Å². The molecule has 1 heterocycles. The van der Waals surface area contributed by atoms with Gasteiger partial charge in [0.05, 0.1) is 19.3 Å². The number of para-hydroxylation sites is 1. The second-order valence-electron chi connectivity index (χ2n) is 5.05. The molecule has 0 aromatic heterocycles. The van der Waals surface area contributed by atoms with Gasteiger partial charge in [0.25, 0.3) is 0 Å². The van der Waals surface area contributed by atoms with Crippen LogP contribution in [0.25, 0.3) is 0 Å². The van der Waals surface area contributed by atoms with Crippen LogP contribution < -0.4 is 10.5 Å². The topological polar surface area (TPSA) is 44.5 Å². The van der Waals surface area contributed by atoms with Crippen LogP contribution in [0.3, 0.4) is 0 Å². The van der Waals surface area contributed by atoms with Gasteiger partial charge in [0, 0.05) is 17.5 Å². The van der Waals surface area contributed by atoms with E-state index in [0.29, 0.717) is 12.0 Å². The second-order valence-corrected chi connectivity index (χ2v) is 5.05. The van der Waals surface area contributed by atoms with E-state index < -0.39 is 0 Å². The molecule has 2 N–H and O–H groups in total. The fraction of sp³-hybridized carbons (Fsp3) is 0.600. The molecule has 0 spiro atoms. The molecule has 1 aromatic rings. The van der Waals surface area contributed by atoms with Crippen LogP contribution in [0.1, 0.15) is 38.3 Å². The predicted molar refractivity (Wildman–Crippen MR) is 72.7 cm³/mol. The molecule has 0 radical (unpaired) electrons. The van der Waals surface area contributed by atoms with Crippen LogP contribution in [0.4, 0.5) is 0 Å². The summed E-state index contributed by atoms with van der Waals surface area (Å²) in [7, 11) is 0. The second kappa shape index (κ2) is 6.21. The van der Waals surface area contributed by atoms with Crippen molar-refractivity contribution < 1.29 is 9.47 Å². The van der Waals surface area contributed by atoms with Crippen LogP contribution in [0.2, 0.25) is 0 Å². The molecule has 0 bridgehead atoms. The SMILES string of the molecule is CCCOc1ccccc1C(N)C1COC(C)C1. The highest BCUT2D eigenvalue weighted by atomic mass is 16.5. The maximum Gasteiger partial charge on any atom is 0.124 e. The molecule has 1 aliphatic rings. The predicted octanol–water partition coefficient (Wildman–Crippen LogP) is 2.90. The molecule has 1 aromatic carbocycles. The molecule has 1 fully saturated rings. The van der Waals surface area contributed by atoms with Gasteiger partial charge in [-0.25, -0.2) is 0 Å². The lowest BCUT2D eigenvalue weighted by molar-refractivity contribution is 0.118. The smallest absolute Gasteiger partial charge is 0.124 e. The van der Waals surface area contributed by atoms with E-state index in [1.54, 1.807) is 0 Å². The van der Waals surface area contributed by atoms with E-state index in [4.69, 9.17) is 15.2 Å². The van der Waals surface area contributed by atoms with Gasteiger partial charge >= 0.3 is 0 Å². The Bertz CT molecular complexity index is 381. The largest absolute Gasteiger partial charge is 0.493 e. The zero-order chi connectivity index (χ0) is 13.0. The van der Waals surface area contributed by atoms with Crippen molar-refractivity contribution in [2.24, 2.45) is 11.7 Å². The van der Waals surface area contributed by atoms with Crippen LogP contribution >= 0.6 is 0 Å². The van der Waals surface area contributed by atoms with Crippen molar-refractivity contribution in [3.8, 4) is 5.75 Å². The van der Waals surface area contributed by atoms with Crippen LogP contribution in [0.15, 0.2) is 24.3 Å². The van der Waals surface area contributed by atoms with E-state index in [1.807, 2.05) is 18.2 Å². The Kier molecular flexibility index (Phi) is 4.61. The summed E-state index contributed by atoms with van der Waals surface area (Å²) >= 11 is 0. The fourth-order valence-electron chi connectivity index (χ4n) is 2.45. The highest BCUT2D eigenvalue weighted by molar-refractivity contribution is 5.36. The Morgan fingerprint density at radius 3 is 2.89 bits per heavy atom. The van der Waals surface area contributed by atoms with Gasteiger partial charge in [-0.1, -0.05) is 25.1 Å². The average molecular weight is 249 g/mol. The van der Waals surface area contributed by atoms with Gasteiger partial charge in [0.1, 0.15) is 5.75 Å². The zero-order valence-electron chi connectivity index (χ0n) is 11.3. The van der Waals surface area contributed by atoms with E-state index in [0.717, 1.165) is 37.4 Å². The summed E-state index contributed by atoms with van der Waals surface area (Å²) < 4.78 is 11.4. The minimum atomic E-state index is 0.00278. The van der Waals surface area contributed by atoms with Gasteiger partial charge in [-0.15, -0.1) is 0 Å². The van der Waals surface area contributed by atoms with Gasteiger partial charge < -0.3 is 15.2 Å². The van der Waals surface area contributed by atoms with Crippen molar-refractivity contribution in [1.82, 2.24) is 0 Å². The molecule has 0 amide bonds. The lowest BCUT2D eigenvalue weighted by atomic mass is 9.91.